The van der Waals surface area contributed by atoms with Gasteiger partial charge in [-0.1, -0.05) is 13.3 Å². The molecule has 0 radical (unpaired) electrons. The van der Waals surface area contributed by atoms with Crippen LogP contribution in [0.5, 0.6) is 0 Å². The highest BCUT2D eigenvalue weighted by atomic mass is 16.3. The van der Waals surface area contributed by atoms with Crippen LogP contribution < -0.4 is 5.73 Å². The van der Waals surface area contributed by atoms with Gasteiger partial charge < -0.3 is 10.8 Å². The summed E-state index contributed by atoms with van der Waals surface area (Å²) in [6, 6.07) is 0. The topological polar surface area (TPSA) is 46.2 Å². The minimum absolute atomic E-state index is 0.125. The zero-order valence-corrected chi connectivity index (χ0v) is 9.15. The van der Waals surface area contributed by atoms with Crippen LogP contribution in [0.1, 0.15) is 39.0 Å². The van der Waals surface area contributed by atoms with Crippen molar-refractivity contribution < 1.29 is 5.11 Å². The molecule has 2 bridgehead atoms. The molecule has 2 aliphatic carbocycles. The Balaban J connectivity index is 1.94. The molecule has 0 aromatic carbocycles. The van der Waals surface area contributed by atoms with Gasteiger partial charge in [0.25, 0.3) is 0 Å². The Labute approximate surface area is 86.9 Å². The van der Waals surface area contributed by atoms with Gasteiger partial charge >= 0.3 is 0 Å². The molecule has 2 heteroatoms. The Morgan fingerprint density at radius 3 is 2.57 bits per heavy atom. The Morgan fingerprint density at radius 1 is 1.36 bits per heavy atom. The molecule has 0 aliphatic heterocycles. The van der Waals surface area contributed by atoms with Crippen LogP contribution in [0.15, 0.2) is 0 Å². The number of rotatable bonds is 4. The number of hydrogen-bond acceptors (Lipinski definition) is 2. The number of aliphatic hydroxyl groups is 1. The van der Waals surface area contributed by atoms with Crippen LogP contribution in [0.4, 0.5) is 0 Å². The van der Waals surface area contributed by atoms with Crippen molar-refractivity contribution >= 4 is 0 Å². The smallest absolute Gasteiger partial charge is 0.0611 e. The van der Waals surface area contributed by atoms with E-state index in [1.807, 2.05) is 0 Å². The molecule has 2 saturated carbocycles. The highest BCUT2D eigenvalue weighted by Gasteiger charge is 2.43. The molecule has 2 rings (SSSR count). The lowest BCUT2D eigenvalue weighted by atomic mass is 9.79. The minimum atomic E-state index is -0.125. The number of nitrogens with two attached hydrogens (primary N) is 1. The maximum Gasteiger partial charge on any atom is 0.0611 e. The molecule has 0 aromatic heterocycles. The fourth-order valence-corrected chi connectivity index (χ4v) is 3.61. The normalized spacial score (nSPS) is 40.1. The Kier molecular flexibility index (Phi) is 3.13. The van der Waals surface area contributed by atoms with Gasteiger partial charge in [0.15, 0.2) is 0 Å². The highest BCUT2D eigenvalue weighted by molar-refractivity contribution is 4.94. The van der Waals surface area contributed by atoms with Crippen LogP contribution in [-0.2, 0) is 0 Å². The Hall–Kier alpha value is -0.0800. The van der Waals surface area contributed by atoms with Crippen LogP contribution in [0, 0.1) is 23.7 Å². The van der Waals surface area contributed by atoms with Crippen molar-refractivity contribution in [1.82, 2.24) is 0 Å². The first-order chi connectivity index (χ1) is 6.76. The zero-order chi connectivity index (χ0) is 10.1. The molecule has 14 heavy (non-hydrogen) atoms. The van der Waals surface area contributed by atoms with Crippen LogP contribution in [-0.4, -0.2) is 17.8 Å². The van der Waals surface area contributed by atoms with Gasteiger partial charge in [0.2, 0.25) is 0 Å². The number of aliphatic hydroxyl groups excluding tert-OH is 1. The van der Waals surface area contributed by atoms with E-state index in [1.165, 1.54) is 25.7 Å². The first-order valence-electron chi connectivity index (χ1n) is 6.14. The van der Waals surface area contributed by atoms with Gasteiger partial charge in [0.05, 0.1) is 6.10 Å². The molecule has 82 valence electrons. The molecule has 2 fully saturated rings. The average molecular weight is 197 g/mol. The molecule has 0 aromatic rings. The monoisotopic (exact) mass is 197 g/mol. The van der Waals surface area contributed by atoms with E-state index in [1.54, 1.807) is 0 Å². The molecular formula is C12H23NO. The van der Waals surface area contributed by atoms with Gasteiger partial charge in [-0.15, -0.1) is 0 Å². The molecule has 2 nitrogen and oxygen atoms in total. The van der Waals surface area contributed by atoms with E-state index in [0.717, 1.165) is 18.3 Å². The van der Waals surface area contributed by atoms with Crippen molar-refractivity contribution in [1.29, 1.82) is 0 Å². The lowest BCUT2D eigenvalue weighted by molar-refractivity contribution is 0.0266. The lowest BCUT2D eigenvalue weighted by Crippen LogP contribution is -2.36. The molecule has 0 heterocycles. The van der Waals surface area contributed by atoms with Gasteiger partial charge in [-0.25, -0.2) is 0 Å². The lowest BCUT2D eigenvalue weighted by Gasteiger charge is -2.31. The third kappa shape index (κ3) is 1.70. The maximum absolute atomic E-state index is 10.3. The van der Waals surface area contributed by atoms with Crippen LogP contribution >= 0.6 is 0 Å². The Morgan fingerprint density at radius 2 is 2.14 bits per heavy atom. The highest BCUT2D eigenvalue weighted by Crippen LogP contribution is 2.50. The summed E-state index contributed by atoms with van der Waals surface area (Å²) in [6.45, 7) is 2.78. The fourth-order valence-electron chi connectivity index (χ4n) is 3.61. The summed E-state index contributed by atoms with van der Waals surface area (Å²) < 4.78 is 0. The van der Waals surface area contributed by atoms with Crippen LogP contribution in [0.25, 0.3) is 0 Å². The van der Waals surface area contributed by atoms with Gasteiger partial charge in [-0.2, -0.15) is 0 Å². The summed E-state index contributed by atoms with van der Waals surface area (Å²) in [4.78, 5) is 0. The predicted molar refractivity (Wildman–Crippen MR) is 57.8 cm³/mol. The van der Waals surface area contributed by atoms with E-state index in [0.29, 0.717) is 18.4 Å². The first kappa shape index (κ1) is 10.4. The molecule has 0 spiro atoms. The molecule has 5 unspecified atom stereocenters. The first-order valence-corrected chi connectivity index (χ1v) is 6.14. The number of hydrogen-bond donors (Lipinski definition) is 2. The molecule has 3 N–H and O–H groups in total. The SMILES string of the molecule is CCC(CN)C(O)C1CC2CCC1C2. The molecule has 0 saturated heterocycles. The largest absolute Gasteiger partial charge is 0.392 e. The van der Waals surface area contributed by atoms with Crippen LogP contribution in [0.3, 0.4) is 0 Å². The van der Waals surface area contributed by atoms with E-state index < -0.39 is 0 Å². The number of fused-ring (bicyclic) bond motifs is 2. The summed E-state index contributed by atoms with van der Waals surface area (Å²) in [6.07, 6.45) is 6.30. The fraction of sp³-hybridized carbons (Fsp3) is 1.00. The van der Waals surface area contributed by atoms with E-state index in [9.17, 15) is 5.11 Å². The van der Waals surface area contributed by atoms with Gasteiger partial charge in [0, 0.05) is 0 Å². The quantitative estimate of drug-likeness (QED) is 0.721. The van der Waals surface area contributed by atoms with E-state index in [2.05, 4.69) is 6.92 Å². The van der Waals surface area contributed by atoms with Gasteiger partial charge in [0.1, 0.15) is 0 Å². The summed E-state index contributed by atoms with van der Waals surface area (Å²) in [5.74, 6) is 2.65. The molecule has 0 amide bonds. The van der Waals surface area contributed by atoms with Gasteiger partial charge in [-0.3, -0.25) is 0 Å². The summed E-state index contributed by atoms with van der Waals surface area (Å²) in [5, 5.41) is 10.3. The van der Waals surface area contributed by atoms with Crippen molar-refractivity contribution in [2.75, 3.05) is 6.54 Å². The minimum Gasteiger partial charge on any atom is -0.392 e. The molecule has 5 atom stereocenters. The van der Waals surface area contributed by atoms with Crippen molar-refractivity contribution in [2.45, 2.75) is 45.1 Å². The Bertz CT molecular complexity index is 191. The average Bonchev–Trinajstić information content (AvgIpc) is 2.80. The second kappa shape index (κ2) is 4.19. The van der Waals surface area contributed by atoms with Crippen LogP contribution in [0.2, 0.25) is 0 Å². The summed E-state index contributed by atoms with van der Waals surface area (Å²) in [7, 11) is 0. The maximum atomic E-state index is 10.3. The van der Waals surface area contributed by atoms with E-state index in [-0.39, 0.29) is 6.10 Å². The molecule has 2 aliphatic rings. The van der Waals surface area contributed by atoms with Crippen molar-refractivity contribution in [3.05, 3.63) is 0 Å². The molecular weight excluding hydrogens is 174 g/mol. The van der Waals surface area contributed by atoms with Crippen molar-refractivity contribution in [2.24, 2.45) is 29.4 Å². The van der Waals surface area contributed by atoms with E-state index >= 15 is 0 Å². The zero-order valence-electron chi connectivity index (χ0n) is 9.15. The second-order valence-corrected chi connectivity index (χ2v) is 5.23. The van der Waals surface area contributed by atoms with Gasteiger partial charge in [-0.05, 0) is 55.9 Å². The third-order valence-corrected chi connectivity index (χ3v) is 4.54. The predicted octanol–water partition coefficient (Wildman–Crippen LogP) is 1.77. The van der Waals surface area contributed by atoms with E-state index in [4.69, 9.17) is 5.73 Å². The third-order valence-electron chi connectivity index (χ3n) is 4.54. The summed E-state index contributed by atoms with van der Waals surface area (Å²) in [5.41, 5.74) is 5.69. The van der Waals surface area contributed by atoms with Crippen molar-refractivity contribution in [3.8, 4) is 0 Å². The summed E-state index contributed by atoms with van der Waals surface area (Å²) >= 11 is 0. The second-order valence-electron chi connectivity index (χ2n) is 5.23. The van der Waals surface area contributed by atoms with Crippen molar-refractivity contribution in [3.63, 3.8) is 0 Å². The standard InChI is InChI=1S/C12H23NO/c1-2-9(7-13)12(14)11-6-8-3-4-10(11)5-8/h8-12,14H,2-7,13H2,1H3.